The first-order valence-electron chi connectivity index (χ1n) is 8.95. The molecule has 1 fully saturated rings. The van der Waals surface area contributed by atoms with Crippen molar-refractivity contribution in [2.24, 2.45) is 0 Å². The third-order valence-electron chi connectivity index (χ3n) is 4.28. The van der Waals surface area contributed by atoms with E-state index in [0.29, 0.717) is 11.2 Å². The number of pyridine rings is 1. The van der Waals surface area contributed by atoms with Crippen LogP contribution < -0.4 is 10.9 Å². The second-order valence-corrected chi connectivity index (χ2v) is 7.36. The lowest BCUT2D eigenvalue weighted by atomic mass is 10.2. The van der Waals surface area contributed by atoms with Crippen molar-refractivity contribution in [2.75, 3.05) is 5.75 Å². The standard InChI is InChI=1S/C19H17FN6O2S/c20-15-4-2-1-3-14(15)18(28)24-22-16(27)11-29-19-25-23-17(26(19)13-5-6-13)12-7-9-21-10-8-12/h1-4,7-10,13H,5-6,11H2,(H,22,27)(H,24,28). The molecule has 10 heteroatoms. The Morgan fingerprint density at radius 2 is 1.86 bits per heavy atom. The summed E-state index contributed by atoms with van der Waals surface area (Å²) in [5.41, 5.74) is 5.27. The van der Waals surface area contributed by atoms with Crippen molar-refractivity contribution in [1.82, 2.24) is 30.6 Å². The molecule has 0 aliphatic heterocycles. The second kappa shape index (κ2) is 8.39. The summed E-state index contributed by atoms with van der Waals surface area (Å²) in [7, 11) is 0. The van der Waals surface area contributed by atoms with E-state index >= 15 is 0 Å². The van der Waals surface area contributed by atoms with E-state index in [1.54, 1.807) is 18.5 Å². The zero-order chi connectivity index (χ0) is 20.2. The first-order chi connectivity index (χ1) is 14.1. The van der Waals surface area contributed by atoms with Crippen LogP contribution >= 0.6 is 11.8 Å². The second-order valence-electron chi connectivity index (χ2n) is 6.41. The Kier molecular flexibility index (Phi) is 5.52. The molecule has 2 heterocycles. The molecule has 8 nitrogen and oxygen atoms in total. The van der Waals surface area contributed by atoms with Gasteiger partial charge in [-0.15, -0.1) is 10.2 Å². The Balaban J connectivity index is 1.37. The largest absolute Gasteiger partial charge is 0.299 e. The first-order valence-corrected chi connectivity index (χ1v) is 9.94. The maximum Gasteiger partial charge on any atom is 0.272 e. The number of carbonyl (C=O) groups excluding carboxylic acids is 2. The van der Waals surface area contributed by atoms with E-state index in [2.05, 4.69) is 26.0 Å². The predicted octanol–water partition coefficient (Wildman–Crippen LogP) is 2.37. The topological polar surface area (TPSA) is 102 Å². The average molecular weight is 412 g/mol. The number of rotatable bonds is 6. The number of carbonyl (C=O) groups is 2. The van der Waals surface area contributed by atoms with E-state index in [0.717, 1.165) is 24.2 Å². The van der Waals surface area contributed by atoms with E-state index in [1.807, 2.05) is 16.7 Å². The van der Waals surface area contributed by atoms with Gasteiger partial charge in [0.1, 0.15) is 5.82 Å². The van der Waals surface area contributed by atoms with E-state index < -0.39 is 17.6 Å². The summed E-state index contributed by atoms with van der Waals surface area (Å²) in [4.78, 5) is 28.1. The number of thioether (sulfide) groups is 1. The number of nitrogens with zero attached hydrogens (tertiary/aromatic N) is 4. The molecule has 0 atom stereocenters. The molecule has 3 aromatic rings. The molecule has 1 aliphatic rings. The summed E-state index contributed by atoms with van der Waals surface area (Å²) in [5, 5.41) is 9.12. The van der Waals surface area contributed by atoms with Crippen molar-refractivity contribution < 1.29 is 14.0 Å². The number of amides is 2. The minimum Gasteiger partial charge on any atom is -0.299 e. The van der Waals surface area contributed by atoms with Crippen molar-refractivity contribution in [2.45, 2.75) is 24.0 Å². The molecule has 0 saturated heterocycles. The Labute approximate surface area is 169 Å². The maximum atomic E-state index is 13.6. The van der Waals surface area contributed by atoms with Gasteiger partial charge in [-0.2, -0.15) is 0 Å². The van der Waals surface area contributed by atoms with Gasteiger partial charge in [0.2, 0.25) is 5.91 Å². The highest BCUT2D eigenvalue weighted by Gasteiger charge is 2.30. The molecule has 0 bridgehead atoms. The van der Waals surface area contributed by atoms with Crippen LogP contribution in [0.1, 0.15) is 29.2 Å². The van der Waals surface area contributed by atoms with Gasteiger partial charge in [-0.25, -0.2) is 4.39 Å². The zero-order valence-corrected chi connectivity index (χ0v) is 16.0. The van der Waals surface area contributed by atoms with Gasteiger partial charge in [0, 0.05) is 24.0 Å². The third-order valence-corrected chi connectivity index (χ3v) is 5.22. The highest BCUT2D eigenvalue weighted by Crippen LogP contribution is 2.40. The number of hydrogen-bond acceptors (Lipinski definition) is 6. The van der Waals surface area contributed by atoms with Gasteiger partial charge in [0.05, 0.1) is 11.3 Å². The molecule has 29 heavy (non-hydrogen) atoms. The Bertz CT molecular complexity index is 1040. The summed E-state index contributed by atoms with van der Waals surface area (Å²) in [5.74, 6) is -1.04. The number of nitrogens with one attached hydrogen (secondary N) is 2. The van der Waals surface area contributed by atoms with E-state index in [1.165, 1.54) is 30.0 Å². The fraction of sp³-hybridized carbons (Fsp3) is 0.211. The van der Waals surface area contributed by atoms with E-state index in [9.17, 15) is 14.0 Å². The van der Waals surface area contributed by atoms with Gasteiger partial charge < -0.3 is 0 Å². The van der Waals surface area contributed by atoms with Gasteiger partial charge in [-0.1, -0.05) is 23.9 Å². The normalized spacial score (nSPS) is 13.1. The molecule has 0 spiro atoms. The quantitative estimate of drug-likeness (QED) is 0.476. The number of aromatic nitrogens is 4. The maximum absolute atomic E-state index is 13.6. The lowest BCUT2D eigenvalue weighted by Gasteiger charge is -2.09. The number of halogens is 1. The summed E-state index contributed by atoms with van der Waals surface area (Å²) in [6.45, 7) is 0. The molecule has 4 rings (SSSR count). The molecule has 1 saturated carbocycles. The fourth-order valence-electron chi connectivity index (χ4n) is 2.74. The SMILES string of the molecule is O=C(CSc1nnc(-c2ccncc2)n1C1CC1)NNC(=O)c1ccccc1F. The number of benzene rings is 1. The minimum atomic E-state index is -0.720. The number of hydrazine groups is 1. The van der Waals surface area contributed by atoms with Crippen molar-refractivity contribution >= 4 is 23.6 Å². The van der Waals surface area contributed by atoms with Gasteiger partial charge >= 0.3 is 0 Å². The molecule has 2 amide bonds. The van der Waals surface area contributed by atoms with Crippen LogP contribution in [0.2, 0.25) is 0 Å². The Morgan fingerprint density at radius 1 is 1.10 bits per heavy atom. The van der Waals surface area contributed by atoms with Crippen molar-refractivity contribution in [3.8, 4) is 11.4 Å². The van der Waals surface area contributed by atoms with Gasteiger partial charge in [0.15, 0.2) is 11.0 Å². The first kappa shape index (κ1) is 19.1. The Hall–Kier alpha value is -3.27. The molecular weight excluding hydrogens is 395 g/mol. The smallest absolute Gasteiger partial charge is 0.272 e. The van der Waals surface area contributed by atoms with Crippen LogP contribution in [0.25, 0.3) is 11.4 Å². The van der Waals surface area contributed by atoms with Crippen molar-refractivity contribution in [1.29, 1.82) is 0 Å². The van der Waals surface area contributed by atoms with Crippen LogP contribution in [0.3, 0.4) is 0 Å². The summed E-state index contributed by atoms with van der Waals surface area (Å²) >= 11 is 1.23. The van der Waals surface area contributed by atoms with Crippen LogP contribution in [0.4, 0.5) is 4.39 Å². The van der Waals surface area contributed by atoms with Gasteiger partial charge in [0.25, 0.3) is 5.91 Å². The van der Waals surface area contributed by atoms with Gasteiger partial charge in [-0.05, 0) is 37.1 Å². The molecule has 1 aromatic carbocycles. The van der Waals surface area contributed by atoms with Crippen LogP contribution in [-0.2, 0) is 4.79 Å². The van der Waals surface area contributed by atoms with Crippen LogP contribution in [0, 0.1) is 5.82 Å². The fourth-order valence-corrected chi connectivity index (χ4v) is 3.55. The summed E-state index contributed by atoms with van der Waals surface area (Å²) in [6, 6.07) is 9.59. The van der Waals surface area contributed by atoms with Crippen LogP contribution in [-0.4, -0.2) is 37.3 Å². The lowest BCUT2D eigenvalue weighted by molar-refractivity contribution is -0.119. The lowest BCUT2D eigenvalue weighted by Crippen LogP contribution is -2.42. The predicted molar refractivity (Wildman–Crippen MR) is 104 cm³/mol. The van der Waals surface area contributed by atoms with E-state index in [4.69, 9.17) is 0 Å². The highest BCUT2D eigenvalue weighted by atomic mass is 32.2. The molecule has 148 valence electrons. The van der Waals surface area contributed by atoms with Crippen LogP contribution in [0.15, 0.2) is 53.9 Å². The monoisotopic (exact) mass is 412 g/mol. The molecule has 2 aromatic heterocycles. The summed E-state index contributed by atoms with van der Waals surface area (Å²) < 4.78 is 15.6. The van der Waals surface area contributed by atoms with Crippen LogP contribution in [0.5, 0.6) is 0 Å². The average Bonchev–Trinajstić information content (AvgIpc) is 3.50. The number of hydrogen-bond donors (Lipinski definition) is 2. The van der Waals surface area contributed by atoms with Crippen molar-refractivity contribution in [3.63, 3.8) is 0 Å². The molecule has 2 N–H and O–H groups in total. The minimum absolute atomic E-state index is 0.0265. The third kappa shape index (κ3) is 4.43. The zero-order valence-electron chi connectivity index (χ0n) is 15.2. The molecular formula is C19H17FN6O2S. The highest BCUT2D eigenvalue weighted by molar-refractivity contribution is 7.99. The van der Waals surface area contributed by atoms with Gasteiger partial charge in [-0.3, -0.25) is 30.0 Å². The van der Waals surface area contributed by atoms with E-state index in [-0.39, 0.29) is 11.3 Å². The molecule has 0 unspecified atom stereocenters. The Morgan fingerprint density at radius 3 is 2.59 bits per heavy atom. The summed E-state index contributed by atoms with van der Waals surface area (Å²) in [6.07, 6.45) is 5.46. The van der Waals surface area contributed by atoms with Crippen molar-refractivity contribution in [3.05, 3.63) is 60.2 Å². The molecule has 0 radical (unpaired) electrons. The molecule has 1 aliphatic carbocycles.